The Labute approximate surface area is 129 Å². The van der Waals surface area contributed by atoms with Crippen LogP contribution in [0.5, 0.6) is 0 Å². The van der Waals surface area contributed by atoms with Crippen LogP contribution in [-0.2, 0) is 4.79 Å². The van der Waals surface area contributed by atoms with E-state index >= 15 is 0 Å². The number of anilines is 1. The van der Waals surface area contributed by atoms with E-state index < -0.39 is 5.91 Å². The van der Waals surface area contributed by atoms with Crippen LogP contribution in [0, 0.1) is 11.8 Å². The maximum absolute atomic E-state index is 12.4. The predicted molar refractivity (Wildman–Crippen MR) is 85.4 cm³/mol. The first kappa shape index (κ1) is 16.0. The van der Waals surface area contributed by atoms with Gasteiger partial charge in [0.1, 0.15) is 5.00 Å². The number of rotatable bonds is 4. The van der Waals surface area contributed by atoms with Gasteiger partial charge in [0.05, 0.1) is 11.6 Å². The fourth-order valence-electron chi connectivity index (χ4n) is 3.01. The molecule has 0 radical (unpaired) electrons. The number of amides is 2. The zero-order chi connectivity index (χ0) is 15.6. The molecule has 0 bridgehead atoms. The van der Waals surface area contributed by atoms with Gasteiger partial charge in [-0.25, -0.2) is 0 Å². The Hall–Kier alpha value is -1.40. The van der Waals surface area contributed by atoms with E-state index in [1.807, 2.05) is 6.92 Å². The van der Waals surface area contributed by atoms with E-state index in [0.29, 0.717) is 22.4 Å². The Balaban J connectivity index is 2.02. The van der Waals surface area contributed by atoms with Crippen molar-refractivity contribution >= 4 is 28.2 Å². The molecule has 2 heterocycles. The van der Waals surface area contributed by atoms with Gasteiger partial charge >= 0.3 is 0 Å². The molecule has 2 amide bonds. The first-order chi connectivity index (χ1) is 9.88. The van der Waals surface area contributed by atoms with Crippen molar-refractivity contribution in [3.05, 3.63) is 17.0 Å². The third-order valence-corrected chi connectivity index (χ3v) is 4.82. The van der Waals surface area contributed by atoms with Crippen LogP contribution in [0.3, 0.4) is 0 Å². The highest BCUT2D eigenvalue weighted by atomic mass is 32.1. The molecule has 1 fully saturated rings. The van der Waals surface area contributed by atoms with E-state index in [1.165, 1.54) is 17.8 Å². The monoisotopic (exact) mass is 309 g/mol. The van der Waals surface area contributed by atoms with Crippen LogP contribution in [0.2, 0.25) is 0 Å². The molecular weight excluding hydrogens is 286 g/mol. The summed E-state index contributed by atoms with van der Waals surface area (Å²) in [6.07, 6.45) is 1.21. The Morgan fingerprint density at radius 3 is 2.57 bits per heavy atom. The van der Waals surface area contributed by atoms with Gasteiger partial charge in [-0.3, -0.25) is 14.5 Å². The minimum atomic E-state index is -0.514. The molecule has 6 heteroatoms. The summed E-state index contributed by atoms with van der Waals surface area (Å²) >= 11 is 1.32. The molecule has 0 spiro atoms. The first-order valence-corrected chi connectivity index (χ1v) is 8.18. The lowest BCUT2D eigenvalue weighted by Gasteiger charge is -2.38. The Kier molecular flexibility index (Phi) is 5.00. The van der Waals surface area contributed by atoms with Gasteiger partial charge in [0.15, 0.2) is 0 Å². The first-order valence-electron chi connectivity index (χ1n) is 7.30. The molecule has 1 aromatic heterocycles. The molecule has 3 atom stereocenters. The number of thiophene rings is 1. The molecule has 0 aromatic carbocycles. The van der Waals surface area contributed by atoms with Crippen molar-refractivity contribution in [2.24, 2.45) is 17.6 Å². The molecule has 0 aliphatic carbocycles. The van der Waals surface area contributed by atoms with Crippen LogP contribution in [0.25, 0.3) is 0 Å². The van der Waals surface area contributed by atoms with Crippen molar-refractivity contribution in [3.8, 4) is 0 Å². The molecule has 1 aliphatic rings. The van der Waals surface area contributed by atoms with Crippen LogP contribution in [0.1, 0.15) is 37.6 Å². The number of carbonyl (C=O) groups excluding carboxylic acids is 2. The lowest BCUT2D eigenvalue weighted by molar-refractivity contribution is -0.121. The van der Waals surface area contributed by atoms with E-state index in [2.05, 4.69) is 24.1 Å². The lowest BCUT2D eigenvalue weighted by atomic mass is 9.91. The Morgan fingerprint density at radius 1 is 1.38 bits per heavy atom. The topological polar surface area (TPSA) is 75.4 Å². The van der Waals surface area contributed by atoms with Crippen LogP contribution in [0.4, 0.5) is 5.00 Å². The van der Waals surface area contributed by atoms with Crippen molar-refractivity contribution < 1.29 is 9.59 Å². The Morgan fingerprint density at radius 2 is 2.00 bits per heavy atom. The van der Waals surface area contributed by atoms with Crippen molar-refractivity contribution in [3.63, 3.8) is 0 Å². The second-order valence-corrected chi connectivity index (χ2v) is 7.01. The van der Waals surface area contributed by atoms with Gasteiger partial charge in [0.2, 0.25) is 5.91 Å². The second-order valence-electron chi connectivity index (χ2n) is 6.09. The Bertz CT molecular complexity index is 519. The van der Waals surface area contributed by atoms with Gasteiger partial charge in [0, 0.05) is 13.1 Å². The number of piperidine rings is 1. The number of nitrogens with two attached hydrogens (primary N) is 1. The van der Waals surface area contributed by atoms with Crippen LogP contribution in [0.15, 0.2) is 11.4 Å². The maximum Gasteiger partial charge on any atom is 0.251 e. The zero-order valence-electron chi connectivity index (χ0n) is 12.8. The average Bonchev–Trinajstić information content (AvgIpc) is 2.84. The highest BCUT2D eigenvalue weighted by molar-refractivity contribution is 7.14. The number of nitrogens with one attached hydrogen (secondary N) is 1. The van der Waals surface area contributed by atoms with Gasteiger partial charge in [0.25, 0.3) is 5.91 Å². The molecule has 2 rings (SSSR count). The van der Waals surface area contributed by atoms with Crippen molar-refractivity contribution in [1.29, 1.82) is 0 Å². The van der Waals surface area contributed by atoms with E-state index in [0.717, 1.165) is 13.1 Å². The van der Waals surface area contributed by atoms with Gasteiger partial charge < -0.3 is 11.1 Å². The van der Waals surface area contributed by atoms with Crippen molar-refractivity contribution in [2.75, 3.05) is 18.4 Å². The van der Waals surface area contributed by atoms with E-state index in [1.54, 1.807) is 11.4 Å². The average molecular weight is 309 g/mol. The molecular formula is C15H23N3O2S. The number of primary amides is 1. The summed E-state index contributed by atoms with van der Waals surface area (Å²) < 4.78 is 0. The van der Waals surface area contributed by atoms with Crippen molar-refractivity contribution in [2.45, 2.75) is 33.2 Å². The van der Waals surface area contributed by atoms with Crippen molar-refractivity contribution in [1.82, 2.24) is 4.90 Å². The molecule has 1 saturated heterocycles. The van der Waals surface area contributed by atoms with E-state index in [-0.39, 0.29) is 11.9 Å². The number of hydrogen-bond donors (Lipinski definition) is 2. The summed E-state index contributed by atoms with van der Waals surface area (Å²) in [7, 11) is 0. The largest absolute Gasteiger partial charge is 0.366 e. The molecule has 3 N–H and O–H groups in total. The minimum absolute atomic E-state index is 0.0822. The van der Waals surface area contributed by atoms with Crippen LogP contribution >= 0.6 is 11.3 Å². The highest BCUT2D eigenvalue weighted by Crippen LogP contribution is 2.25. The number of nitrogens with zero attached hydrogens (tertiary/aromatic N) is 1. The summed E-state index contributed by atoms with van der Waals surface area (Å²) in [4.78, 5) is 25.9. The number of carbonyl (C=O) groups is 2. The third-order valence-electron chi connectivity index (χ3n) is 3.99. The molecule has 116 valence electrons. The molecule has 5 nitrogen and oxygen atoms in total. The SMILES string of the molecule is C[C@@H]1C[C@H](C)CN([C@H](C)C(=O)Nc2sccc2C(N)=O)C1. The standard InChI is InChI=1S/C15H23N3O2S/c1-9-6-10(2)8-18(7-9)11(3)14(20)17-15-12(13(16)19)4-5-21-15/h4-5,9-11H,6-8H2,1-3H3,(H2,16,19)(H,17,20)/t9-,10+,11-/m1/s1. The minimum Gasteiger partial charge on any atom is -0.366 e. The fraction of sp³-hybridized carbons (Fsp3) is 0.600. The fourth-order valence-corrected chi connectivity index (χ4v) is 3.80. The highest BCUT2D eigenvalue weighted by Gasteiger charge is 2.29. The van der Waals surface area contributed by atoms with Gasteiger partial charge in [-0.05, 0) is 36.6 Å². The number of hydrogen-bond acceptors (Lipinski definition) is 4. The quantitative estimate of drug-likeness (QED) is 0.895. The normalized spacial score (nSPS) is 24.5. The van der Waals surface area contributed by atoms with E-state index in [9.17, 15) is 9.59 Å². The summed E-state index contributed by atoms with van der Waals surface area (Å²) in [6.45, 7) is 8.23. The summed E-state index contributed by atoms with van der Waals surface area (Å²) in [6, 6.07) is 1.43. The molecule has 0 saturated carbocycles. The summed E-state index contributed by atoms with van der Waals surface area (Å²) in [5.41, 5.74) is 5.67. The van der Waals surface area contributed by atoms with E-state index in [4.69, 9.17) is 5.73 Å². The molecule has 0 unspecified atom stereocenters. The summed E-state index contributed by atoms with van der Waals surface area (Å²) in [5, 5.41) is 5.13. The lowest BCUT2D eigenvalue weighted by Crippen LogP contribution is -2.48. The zero-order valence-corrected chi connectivity index (χ0v) is 13.6. The van der Waals surface area contributed by atoms with Crippen LogP contribution < -0.4 is 11.1 Å². The predicted octanol–water partition coefficient (Wildman–Crippen LogP) is 2.15. The van der Waals surface area contributed by atoms with Crippen LogP contribution in [-0.4, -0.2) is 35.8 Å². The van der Waals surface area contributed by atoms with Gasteiger partial charge in [-0.15, -0.1) is 11.3 Å². The smallest absolute Gasteiger partial charge is 0.251 e. The molecule has 21 heavy (non-hydrogen) atoms. The molecule has 1 aliphatic heterocycles. The molecule has 1 aromatic rings. The number of likely N-dealkylation sites (tertiary alicyclic amines) is 1. The maximum atomic E-state index is 12.4. The summed E-state index contributed by atoms with van der Waals surface area (Å²) in [5.74, 6) is 0.611. The third kappa shape index (κ3) is 3.83. The van der Waals surface area contributed by atoms with Gasteiger partial charge in [-0.2, -0.15) is 0 Å². The second kappa shape index (κ2) is 6.58. The van der Waals surface area contributed by atoms with Gasteiger partial charge in [-0.1, -0.05) is 13.8 Å².